The molecule has 3 rings (SSSR count). The Labute approximate surface area is 215 Å². The summed E-state index contributed by atoms with van der Waals surface area (Å²) in [5.74, 6) is 0.498. The summed E-state index contributed by atoms with van der Waals surface area (Å²) in [6.07, 6.45) is 6.42. The van der Waals surface area contributed by atoms with E-state index in [-0.39, 0.29) is 11.8 Å². The van der Waals surface area contributed by atoms with E-state index in [1.807, 2.05) is 47.4 Å². The highest BCUT2D eigenvalue weighted by Gasteiger charge is 2.20. The van der Waals surface area contributed by atoms with E-state index in [1.54, 1.807) is 6.92 Å². The Hall–Kier alpha value is -2.37. The van der Waals surface area contributed by atoms with Crippen LogP contribution in [0.2, 0.25) is 5.02 Å². The molecule has 0 unspecified atom stereocenters. The largest absolute Gasteiger partial charge is 0.352 e. The molecule has 0 spiro atoms. The molecule has 2 amide bonds. The van der Waals surface area contributed by atoms with E-state index in [9.17, 15) is 9.59 Å². The van der Waals surface area contributed by atoms with Gasteiger partial charge in [-0.1, -0.05) is 62.9 Å². The van der Waals surface area contributed by atoms with Crippen LogP contribution in [0.3, 0.4) is 0 Å². The smallest absolute Gasteiger partial charge is 0.251 e. The summed E-state index contributed by atoms with van der Waals surface area (Å²) in [5, 5.41) is 3.75. The molecule has 190 valence electrons. The number of amides is 2. The fraction of sp³-hybridized carbons (Fsp3) is 0.517. The third kappa shape index (κ3) is 8.36. The minimum absolute atomic E-state index is 0.0515. The molecule has 0 radical (unpaired) electrons. The van der Waals surface area contributed by atoms with Crippen LogP contribution in [0, 0.1) is 5.92 Å². The molecule has 0 bridgehead atoms. The highest BCUT2D eigenvalue weighted by atomic mass is 35.5. The first kappa shape index (κ1) is 27.2. The van der Waals surface area contributed by atoms with Crippen LogP contribution in [-0.4, -0.2) is 42.9 Å². The van der Waals surface area contributed by atoms with Crippen molar-refractivity contribution in [2.75, 3.05) is 31.1 Å². The molecule has 2 aromatic rings. The molecular formula is C29H40ClN3O2. The van der Waals surface area contributed by atoms with Gasteiger partial charge in [-0.2, -0.15) is 0 Å². The zero-order valence-corrected chi connectivity index (χ0v) is 22.2. The Bertz CT molecular complexity index is 992. The number of hydrogen-bond acceptors (Lipinski definition) is 3. The van der Waals surface area contributed by atoms with Crippen molar-refractivity contribution in [1.29, 1.82) is 0 Å². The van der Waals surface area contributed by atoms with E-state index in [4.69, 9.17) is 11.6 Å². The molecule has 0 aliphatic carbocycles. The van der Waals surface area contributed by atoms with Crippen molar-refractivity contribution in [1.82, 2.24) is 10.2 Å². The molecule has 5 nitrogen and oxygen atoms in total. The van der Waals surface area contributed by atoms with Gasteiger partial charge in [0.15, 0.2) is 0 Å². The van der Waals surface area contributed by atoms with E-state index in [0.29, 0.717) is 24.4 Å². The van der Waals surface area contributed by atoms with Crippen LogP contribution in [0.5, 0.6) is 0 Å². The molecule has 0 saturated heterocycles. The first-order valence-electron chi connectivity index (χ1n) is 13.0. The van der Waals surface area contributed by atoms with Crippen molar-refractivity contribution < 1.29 is 9.59 Å². The Morgan fingerprint density at radius 2 is 1.71 bits per heavy atom. The van der Waals surface area contributed by atoms with Crippen molar-refractivity contribution in [3.8, 4) is 0 Å². The molecule has 6 heteroatoms. The van der Waals surface area contributed by atoms with Crippen LogP contribution in [0.1, 0.15) is 74.4 Å². The van der Waals surface area contributed by atoms with Crippen LogP contribution in [-0.2, 0) is 17.8 Å². The van der Waals surface area contributed by atoms with Gasteiger partial charge in [0, 0.05) is 49.4 Å². The summed E-state index contributed by atoms with van der Waals surface area (Å²) in [4.78, 5) is 30.0. The topological polar surface area (TPSA) is 52.7 Å². The van der Waals surface area contributed by atoms with Crippen molar-refractivity contribution in [3.05, 3.63) is 64.2 Å². The Balaban J connectivity index is 1.82. The van der Waals surface area contributed by atoms with E-state index in [2.05, 4.69) is 24.1 Å². The fourth-order valence-electron chi connectivity index (χ4n) is 4.81. The number of benzene rings is 2. The fourth-order valence-corrected chi connectivity index (χ4v) is 5.04. The Morgan fingerprint density at radius 1 is 1.00 bits per heavy atom. The van der Waals surface area contributed by atoms with E-state index in [1.165, 1.54) is 19.3 Å². The summed E-state index contributed by atoms with van der Waals surface area (Å²) < 4.78 is 0. The summed E-state index contributed by atoms with van der Waals surface area (Å²) in [5.41, 5.74) is 3.62. The van der Waals surface area contributed by atoms with Crippen LogP contribution in [0.15, 0.2) is 42.5 Å². The maximum Gasteiger partial charge on any atom is 0.251 e. The number of anilines is 1. The molecule has 0 saturated carbocycles. The molecular weight excluding hydrogens is 458 g/mol. The van der Waals surface area contributed by atoms with Crippen LogP contribution >= 0.6 is 11.6 Å². The van der Waals surface area contributed by atoms with Crippen molar-refractivity contribution >= 4 is 29.1 Å². The highest BCUT2D eigenvalue weighted by Crippen LogP contribution is 2.26. The lowest BCUT2D eigenvalue weighted by molar-refractivity contribution is -0.116. The van der Waals surface area contributed by atoms with Gasteiger partial charge in [-0.05, 0) is 67.1 Å². The maximum absolute atomic E-state index is 13.0. The third-order valence-electron chi connectivity index (χ3n) is 6.52. The Morgan fingerprint density at radius 3 is 2.43 bits per heavy atom. The second-order valence-corrected chi connectivity index (χ2v) is 10.4. The molecule has 0 atom stereocenters. The van der Waals surface area contributed by atoms with Gasteiger partial charge >= 0.3 is 0 Å². The lowest BCUT2D eigenvalue weighted by Crippen LogP contribution is -2.34. The summed E-state index contributed by atoms with van der Waals surface area (Å²) >= 11 is 6.25. The number of fused-ring (bicyclic) bond motifs is 1. The van der Waals surface area contributed by atoms with Crippen LogP contribution < -0.4 is 10.2 Å². The van der Waals surface area contributed by atoms with Gasteiger partial charge in [-0.25, -0.2) is 0 Å². The van der Waals surface area contributed by atoms with E-state index in [0.717, 1.165) is 60.9 Å². The molecule has 0 fully saturated rings. The highest BCUT2D eigenvalue weighted by molar-refractivity contribution is 6.31. The SMILES string of the molecule is CC(=O)N1CCCCCCCN(CC(C)C)Cc2cc(C(=O)NCCc3ccccc3Cl)ccc21. The molecule has 1 heterocycles. The molecule has 1 N–H and O–H groups in total. The van der Waals surface area contributed by atoms with Gasteiger partial charge in [-0.15, -0.1) is 0 Å². The lowest BCUT2D eigenvalue weighted by Gasteiger charge is -2.30. The van der Waals surface area contributed by atoms with Gasteiger partial charge in [0.1, 0.15) is 0 Å². The molecule has 1 aliphatic heterocycles. The van der Waals surface area contributed by atoms with Gasteiger partial charge < -0.3 is 10.2 Å². The minimum Gasteiger partial charge on any atom is -0.352 e. The second kappa shape index (κ2) is 13.6. The number of hydrogen-bond donors (Lipinski definition) is 1. The van der Waals surface area contributed by atoms with E-state index >= 15 is 0 Å². The zero-order valence-electron chi connectivity index (χ0n) is 21.5. The average molecular weight is 498 g/mol. The second-order valence-electron chi connectivity index (χ2n) is 10.0. The third-order valence-corrected chi connectivity index (χ3v) is 6.89. The predicted octanol–water partition coefficient (Wildman–Crippen LogP) is 6.09. The first-order chi connectivity index (χ1) is 16.8. The normalized spacial score (nSPS) is 15.7. The van der Waals surface area contributed by atoms with Crippen molar-refractivity contribution in [3.63, 3.8) is 0 Å². The molecule has 1 aliphatic rings. The maximum atomic E-state index is 13.0. The average Bonchev–Trinajstić information content (AvgIpc) is 2.80. The van der Waals surface area contributed by atoms with Crippen LogP contribution in [0.25, 0.3) is 0 Å². The molecule has 2 aromatic carbocycles. The monoisotopic (exact) mass is 497 g/mol. The van der Waals surface area contributed by atoms with Gasteiger partial charge in [0.25, 0.3) is 5.91 Å². The van der Waals surface area contributed by atoms with Crippen molar-refractivity contribution in [2.45, 2.75) is 65.8 Å². The van der Waals surface area contributed by atoms with Gasteiger partial charge in [0.2, 0.25) is 5.91 Å². The quantitative estimate of drug-likeness (QED) is 0.525. The summed E-state index contributed by atoms with van der Waals surface area (Å²) in [6, 6.07) is 13.5. The van der Waals surface area contributed by atoms with E-state index < -0.39 is 0 Å². The summed E-state index contributed by atoms with van der Waals surface area (Å²) in [7, 11) is 0. The number of nitrogens with one attached hydrogen (secondary N) is 1. The minimum atomic E-state index is -0.101. The first-order valence-corrected chi connectivity index (χ1v) is 13.4. The zero-order chi connectivity index (χ0) is 25.2. The molecule has 35 heavy (non-hydrogen) atoms. The number of rotatable bonds is 6. The van der Waals surface area contributed by atoms with Crippen LogP contribution in [0.4, 0.5) is 5.69 Å². The predicted molar refractivity (Wildman–Crippen MR) is 145 cm³/mol. The Kier molecular flexibility index (Phi) is 10.6. The number of carbonyl (C=O) groups excluding carboxylic acids is 2. The number of carbonyl (C=O) groups is 2. The van der Waals surface area contributed by atoms with Crippen molar-refractivity contribution in [2.24, 2.45) is 5.92 Å². The van der Waals surface area contributed by atoms with Gasteiger partial charge in [0.05, 0.1) is 0 Å². The number of halogens is 1. The standard InChI is InChI=1S/C29H40ClN3O2/c1-22(2)20-32-17-9-5-4-6-10-18-33(23(3)34)28-14-13-25(19-26(28)21-32)29(35)31-16-15-24-11-7-8-12-27(24)30/h7-8,11-14,19,22H,4-6,9-10,15-18,20-21H2,1-3H3,(H,31,35). The lowest BCUT2D eigenvalue weighted by atomic mass is 10.0. The van der Waals surface area contributed by atoms with Gasteiger partial charge in [-0.3, -0.25) is 14.5 Å². The number of nitrogens with zero attached hydrogens (tertiary/aromatic N) is 2. The molecule has 0 aromatic heterocycles. The summed E-state index contributed by atoms with van der Waals surface area (Å²) in [6.45, 7) is 10.1.